The summed E-state index contributed by atoms with van der Waals surface area (Å²) in [6, 6.07) is 5.04. The third kappa shape index (κ3) is 3.26. The number of sulfonamides is 1. The van der Waals surface area contributed by atoms with Gasteiger partial charge in [0.1, 0.15) is 6.29 Å². The van der Waals surface area contributed by atoms with Gasteiger partial charge in [0.2, 0.25) is 10.0 Å². The number of piperidine rings is 1. The van der Waals surface area contributed by atoms with E-state index in [2.05, 4.69) is 31.9 Å². The Bertz CT molecular complexity index is 589. The monoisotopic (exact) mass is 409 g/mol. The molecule has 1 unspecified atom stereocenters. The lowest BCUT2D eigenvalue weighted by molar-refractivity contribution is -0.112. The summed E-state index contributed by atoms with van der Waals surface area (Å²) < 4.78 is 27.8. The number of carbonyl (C=O) groups is 1. The van der Waals surface area contributed by atoms with Crippen LogP contribution in [0.5, 0.6) is 0 Å². The molecule has 4 nitrogen and oxygen atoms in total. The molecular formula is C12H13Br2NO3S. The number of benzene rings is 1. The van der Waals surface area contributed by atoms with Crippen LogP contribution in [0.15, 0.2) is 32.0 Å². The molecule has 2 rings (SSSR count). The molecule has 0 bridgehead atoms. The Labute approximate surface area is 129 Å². The van der Waals surface area contributed by atoms with Crippen LogP contribution in [0.25, 0.3) is 0 Å². The molecule has 0 radical (unpaired) electrons. The second-order valence-corrected chi connectivity index (χ2v) is 8.15. The zero-order chi connectivity index (χ0) is 14.0. The predicted molar refractivity (Wildman–Crippen MR) is 79.4 cm³/mol. The van der Waals surface area contributed by atoms with E-state index < -0.39 is 10.0 Å². The van der Waals surface area contributed by atoms with Crippen LogP contribution in [-0.2, 0) is 14.8 Å². The van der Waals surface area contributed by atoms with E-state index in [4.69, 9.17) is 0 Å². The zero-order valence-corrected chi connectivity index (χ0v) is 14.0. The van der Waals surface area contributed by atoms with Crippen molar-refractivity contribution < 1.29 is 13.2 Å². The van der Waals surface area contributed by atoms with Gasteiger partial charge in [0.05, 0.1) is 4.90 Å². The Hall–Kier alpha value is -0.240. The molecule has 1 atom stereocenters. The van der Waals surface area contributed by atoms with Crippen molar-refractivity contribution in [3.8, 4) is 0 Å². The summed E-state index contributed by atoms with van der Waals surface area (Å²) in [5.41, 5.74) is 0. The molecule has 0 amide bonds. The van der Waals surface area contributed by atoms with Crippen LogP contribution < -0.4 is 0 Å². The van der Waals surface area contributed by atoms with Crippen LogP contribution >= 0.6 is 31.9 Å². The van der Waals surface area contributed by atoms with E-state index in [1.165, 1.54) is 4.31 Å². The van der Waals surface area contributed by atoms with Gasteiger partial charge in [0, 0.05) is 28.0 Å². The minimum atomic E-state index is -3.56. The highest BCUT2D eigenvalue weighted by molar-refractivity contribution is 9.11. The zero-order valence-electron chi connectivity index (χ0n) is 10.1. The highest BCUT2D eigenvalue weighted by Crippen LogP contribution is 2.30. The fourth-order valence-corrected chi connectivity index (χ4v) is 5.12. The summed E-state index contributed by atoms with van der Waals surface area (Å²) >= 11 is 6.55. The second kappa shape index (κ2) is 6.03. The van der Waals surface area contributed by atoms with E-state index in [-0.39, 0.29) is 17.4 Å². The van der Waals surface area contributed by atoms with E-state index in [1.54, 1.807) is 18.2 Å². The van der Waals surface area contributed by atoms with Crippen LogP contribution in [0, 0.1) is 5.92 Å². The number of hydrogen-bond acceptors (Lipinski definition) is 3. The van der Waals surface area contributed by atoms with Crippen molar-refractivity contribution in [1.82, 2.24) is 4.31 Å². The van der Waals surface area contributed by atoms with E-state index in [1.807, 2.05) is 0 Å². The second-order valence-electron chi connectivity index (χ2n) is 4.48. The van der Waals surface area contributed by atoms with Crippen LogP contribution in [0.4, 0.5) is 0 Å². The molecule has 7 heteroatoms. The van der Waals surface area contributed by atoms with Gasteiger partial charge in [0.15, 0.2) is 0 Å². The van der Waals surface area contributed by atoms with Crippen molar-refractivity contribution in [3.63, 3.8) is 0 Å². The van der Waals surface area contributed by atoms with E-state index in [0.717, 1.165) is 12.7 Å². The highest BCUT2D eigenvalue weighted by Gasteiger charge is 2.31. The van der Waals surface area contributed by atoms with Gasteiger partial charge >= 0.3 is 0 Å². The van der Waals surface area contributed by atoms with Crippen molar-refractivity contribution in [3.05, 3.63) is 27.1 Å². The minimum absolute atomic E-state index is 0.200. The maximum Gasteiger partial charge on any atom is 0.244 e. The summed E-state index contributed by atoms with van der Waals surface area (Å²) in [7, 11) is -3.56. The molecule has 1 heterocycles. The maximum absolute atomic E-state index is 12.6. The number of halogens is 2. The van der Waals surface area contributed by atoms with Gasteiger partial charge in [-0.2, -0.15) is 4.31 Å². The summed E-state index contributed by atoms with van der Waals surface area (Å²) in [5.74, 6) is -0.200. The molecule has 1 aliphatic heterocycles. The van der Waals surface area contributed by atoms with Gasteiger partial charge < -0.3 is 4.79 Å². The summed E-state index contributed by atoms with van der Waals surface area (Å²) in [5, 5.41) is 0. The Kier molecular flexibility index (Phi) is 4.81. The maximum atomic E-state index is 12.6. The topological polar surface area (TPSA) is 54.5 Å². The Morgan fingerprint density at radius 3 is 2.74 bits per heavy atom. The number of hydrogen-bond donors (Lipinski definition) is 0. The summed E-state index contributed by atoms with van der Waals surface area (Å²) in [6.45, 7) is 0.733. The first-order valence-corrected chi connectivity index (χ1v) is 8.88. The van der Waals surface area contributed by atoms with Crippen molar-refractivity contribution in [2.45, 2.75) is 17.7 Å². The first-order valence-electron chi connectivity index (χ1n) is 5.85. The average molecular weight is 411 g/mol. The lowest BCUT2D eigenvalue weighted by Gasteiger charge is -2.29. The van der Waals surface area contributed by atoms with Crippen molar-refractivity contribution in [1.29, 1.82) is 0 Å². The van der Waals surface area contributed by atoms with Gasteiger partial charge in [-0.3, -0.25) is 0 Å². The molecule has 1 aliphatic rings. The molecule has 104 valence electrons. The van der Waals surface area contributed by atoms with Gasteiger partial charge in [-0.25, -0.2) is 8.42 Å². The van der Waals surface area contributed by atoms with Gasteiger partial charge in [-0.1, -0.05) is 15.9 Å². The molecule has 1 saturated heterocycles. The molecule has 0 aliphatic carbocycles. The predicted octanol–water partition coefficient (Wildman–Crippen LogP) is 2.81. The molecule has 0 N–H and O–H groups in total. The number of rotatable bonds is 3. The molecule has 0 aromatic heterocycles. The van der Waals surface area contributed by atoms with Crippen molar-refractivity contribution in [2.24, 2.45) is 5.92 Å². The summed E-state index contributed by atoms with van der Waals surface area (Å²) in [6.07, 6.45) is 2.32. The lowest BCUT2D eigenvalue weighted by atomic mass is 10.0. The van der Waals surface area contributed by atoms with Crippen molar-refractivity contribution in [2.75, 3.05) is 13.1 Å². The van der Waals surface area contributed by atoms with Crippen LogP contribution in [0.3, 0.4) is 0 Å². The van der Waals surface area contributed by atoms with Gasteiger partial charge in [-0.15, -0.1) is 0 Å². The number of nitrogens with zero attached hydrogens (tertiary/aromatic N) is 1. The number of aldehydes is 1. The molecular weight excluding hydrogens is 398 g/mol. The average Bonchev–Trinajstić information content (AvgIpc) is 2.41. The van der Waals surface area contributed by atoms with Gasteiger partial charge in [0.25, 0.3) is 0 Å². The number of carbonyl (C=O) groups excluding carboxylic acids is 1. The lowest BCUT2D eigenvalue weighted by Crippen LogP contribution is -2.40. The smallest absolute Gasteiger partial charge is 0.244 e. The molecule has 19 heavy (non-hydrogen) atoms. The van der Waals surface area contributed by atoms with E-state index in [9.17, 15) is 13.2 Å². The Balaban J connectivity index is 2.36. The quantitative estimate of drug-likeness (QED) is 0.720. The van der Waals surface area contributed by atoms with E-state index in [0.29, 0.717) is 21.9 Å². The molecule has 0 saturated carbocycles. The van der Waals surface area contributed by atoms with Crippen LogP contribution in [-0.4, -0.2) is 32.1 Å². The SMILES string of the molecule is O=CC1CCCN(S(=O)(=O)c2cc(Br)ccc2Br)C1. The van der Waals surface area contributed by atoms with Crippen molar-refractivity contribution >= 4 is 48.2 Å². The molecule has 1 aromatic rings. The molecule has 0 spiro atoms. The fourth-order valence-electron chi connectivity index (χ4n) is 2.12. The van der Waals surface area contributed by atoms with Crippen LogP contribution in [0.1, 0.15) is 12.8 Å². The summed E-state index contributed by atoms with van der Waals surface area (Å²) in [4.78, 5) is 11.1. The first kappa shape index (κ1) is 15.2. The highest BCUT2D eigenvalue weighted by atomic mass is 79.9. The molecule has 1 aromatic carbocycles. The third-order valence-corrected chi connectivity index (χ3v) is 6.48. The van der Waals surface area contributed by atoms with Gasteiger partial charge in [-0.05, 0) is 47.0 Å². The Morgan fingerprint density at radius 2 is 2.05 bits per heavy atom. The standard InChI is InChI=1S/C12H13Br2NO3S/c13-10-3-4-11(14)12(6-10)19(17,18)15-5-1-2-9(7-15)8-16/h3-4,6,8-9H,1-2,5,7H2. The Morgan fingerprint density at radius 1 is 1.32 bits per heavy atom. The van der Waals surface area contributed by atoms with Crippen LogP contribution in [0.2, 0.25) is 0 Å². The minimum Gasteiger partial charge on any atom is -0.303 e. The molecule has 1 fully saturated rings. The normalized spacial score (nSPS) is 21.3. The third-order valence-electron chi connectivity index (χ3n) is 3.12. The largest absolute Gasteiger partial charge is 0.303 e. The van der Waals surface area contributed by atoms with E-state index >= 15 is 0 Å². The fraction of sp³-hybridized carbons (Fsp3) is 0.417. The first-order chi connectivity index (χ1) is 8.95.